The topological polar surface area (TPSA) is 66.6 Å². The van der Waals surface area contributed by atoms with Gasteiger partial charge in [-0.05, 0) is 41.2 Å². The molecule has 1 saturated heterocycles. The number of benzene rings is 2. The predicted molar refractivity (Wildman–Crippen MR) is 109 cm³/mol. The summed E-state index contributed by atoms with van der Waals surface area (Å²) < 4.78 is 1.00. The SMILES string of the molecule is CO.C[C@H]1CN2CCc3ccccc3[C@@H]2[C@@H]([N+](=O)[O-])[C@@H]1c1ccc(Br)cc1. The van der Waals surface area contributed by atoms with Gasteiger partial charge in [0.15, 0.2) is 0 Å². The van der Waals surface area contributed by atoms with Gasteiger partial charge in [0.25, 0.3) is 0 Å². The van der Waals surface area contributed by atoms with Crippen molar-refractivity contribution in [3.05, 3.63) is 79.8 Å². The van der Waals surface area contributed by atoms with Crippen LogP contribution in [0, 0.1) is 16.0 Å². The van der Waals surface area contributed by atoms with Crippen molar-refractivity contribution in [2.45, 2.75) is 31.3 Å². The van der Waals surface area contributed by atoms with E-state index >= 15 is 0 Å². The van der Waals surface area contributed by atoms with Gasteiger partial charge < -0.3 is 5.11 Å². The number of aliphatic hydroxyl groups is 1. The highest BCUT2D eigenvalue weighted by Crippen LogP contribution is 2.46. The van der Waals surface area contributed by atoms with Gasteiger partial charge in [0.05, 0.1) is 5.92 Å². The molecule has 4 rings (SSSR count). The first-order chi connectivity index (χ1) is 13.1. The van der Waals surface area contributed by atoms with Crippen LogP contribution in [0.15, 0.2) is 53.0 Å². The highest BCUT2D eigenvalue weighted by atomic mass is 79.9. The molecule has 1 N–H and O–H groups in total. The Morgan fingerprint density at radius 2 is 1.81 bits per heavy atom. The van der Waals surface area contributed by atoms with Crippen LogP contribution in [-0.2, 0) is 6.42 Å². The van der Waals surface area contributed by atoms with Crippen molar-refractivity contribution in [2.24, 2.45) is 5.92 Å². The second-order valence-electron chi connectivity index (χ2n) is 7.22. The zero-order valence-electron chi connectivity index (χ0n) is 15.6. The van der Waals surface area contributed by atoms with Crippen LogP contribution in [0.25, 0.3) is 0 Å². The molecule has 0 amide bonds. The Kier molecular flexibility index (Phi) is 6.29. The summed E-state index contributed by atoms with van der Waals surface area (Å²) in [5.41, 5.74) is 3.48. The number of aliphatic hydroxyl groups excluding tert-OH is 1. The van der Waals surface area contributed by atoms with Gasteiger partial charge in [-0.2, -0.15) is 0 Å². The van der Waals surface area contributed by atoms with Crippen LogP contribution >= 0.6 is 15.9 Å². The fourth-order valence-electron chi connectivity index (χ4n) is 4.73. The summed E-state index contributed by atoms with van der Waals surface area (Å²) in [4.78, 5) is 14.5. The first-order valence-electron chi connectivity index (χ1n) is 9.22. The van der Waals surface area contributed by atoms with Gasteiger partial charge in [-0.25, -0.2) is 0 Å². The molecule has 0 aromatic heterocycles. The van der Waals surface area contributed by atoms with E-state index in [1.165, 1.54) is 5.56 Å². The Balaban J connectivity index is 0.00000102. The summed E-state index contributed by atoms with van der Waals surface area (Å²) >= 11 is 3.46. The molecule has 1 fully saturated rings. The average Bonchev–Trinajstić information content (AvgIpc) is 2.69. The highest BCUT2D eigenvalue weighted by Gasteiger charge is 2.51. The number of piperidine rings is 1. The minimum atomic E-state index is -0.619. The minimum Gasteiger partial charge on any atom is -0.400 e. The molecule has 2 aliphatic heterocycles. The maximum absolute atomic E-state index is 12.2. The average molecular weight is 433 g/mol. The number of nitro groups is 1. The number of rotatable bonds is 2. The van der Waals surface area contributed by atoms with E-state index in [-0.39, 0.29) is 22.8 Å². The van der Waals surface area contributed by atoms with Crippen molar-refractivity contribution in [3.8, 4) is 0 Å². The van der Waals surface area contributed by atoms with Crippen molar-refractivity contribution in [2.75, 3.05) is 20.2 Å². The Hall–Kier alpha value is -1.76. The monoisotopic (exact) mass is 432 g/mol. The van der Waals surface area contributed by atoms with Gasteiger partial charge in [0.2, 0.25) is 6.04 Å². The fourth-order valence-corrected chi connectivity index (χ4v) is 4.99. The summed E-state index contributed by atoms with van der Waals surface area (Å²) in [7, 11) is 1.00. The molecule has 0 bridgehead atoms. The zero-order valence-corrected chi connectivity index (χ0v) is 17.2. The molecule has 0 radical (unpaired) electrons. The van der Waals surface area contributed by atoms with E-state index in [1.807, 2.05) is 36.4 Å². The van der Waals surface area contributed by atoms with Gasteiger partial charge in [-0.15, -0.1) is 0 Å². The molecule has 27 heavy (non-hydrogen) atoms. The quantitative estimate of drug-likeness (QED) is 0.574. The molecule has 0 aliphatic carbocycles. The molecule has 0 saturated carbocycles. The second kappa shape index (κ2) is 8.50. The van der Waals surface area contributed by atoms with Crippen molar-refractivity contribution in [1.82, 2.24) is 4.90 Å². The summed E-state index contributed by atoms with van der Waals surface area (Å²) in [6, 6.07) is 15.5. The molecule has 2 heterocycles. The van der Waals surface area contributed by atoms with E-state index in [4.69, 9.17) is 5.11 Å². The molecule has 2 aromatic carbocycles. The highest BCUT2D eigenvalue weighted by molar-refractivity contribution is 9.10. The third-order valence-corrected chi connectivity index (χ3v) is 6.29. The lowest BCUT2D eigenvalue weighted by Gasteiger charge is -2.47. The number of fused-ring (bicyclic) bond motifs is 3. The van der Waals surface area contributed by atoms with Crippen LogP contribution in [0.3, 0.4) is 0 Å². The van der Waals surface area contributed by atoms with Crippen LogP contribution in [0.1, 0.15) is 35.6 Å². The van der Waals surface area contributed by atoms with Crippen LogP contribution < -0.4 is 0 Å². The number of hydrogen-bond donors (Lipinski definition) is 1. The Morgan fingerprint density at radius 1 is 1.15 bits per heavy atom. The molecule has 0 spiro atoms. The standard InChI is InChI=1S/C20H21BrN2O2.CH4O/c1-13-12-22-11-10-14-4-2-3-5-17(14)19(22)20(23(24)25)18(13)15-6-8-16(21)9-7-15;1-2/h2-9,13,18-20H,10-12H2,1H3;2H,1H3/t13-,18-,19+,20-;/m0./s1. The Morgan fingerprint density at radius 3 is 2.48 bits per heavy atom. The lowest BCUT2D eigenvalue weighted by atomic mass is 9.71. The van der Waals surface area contributed by atoms with E-state index in [0.717, 1.165) is 42.2 Å². The summed E-state index contributed by atoms with van der Waals surface area (Å²) in [6.45, 7) is 3.97. The van der Waals surface area contributed by atoms with Gasteiger partial charge in [-0.1, -0.05) is 59.3 Å². The Labute approximate surface area is 168 Å². The number of hydrogen-bond acceptors (Lipinski definition) is 4. The third kappa shape index (κ3) is 3.79. The van der Waals surface area contributed by atoms with Crippen LogP contribution in [0.2, 0.25) is 0 Å². The first kappa shape index (κ1) is 20.0. The number of halogens is 1. The van der Waals surface area contributed by atoms with Gasteiger partial charge in [-0.3, -0.25) is 15.0 Å². The minimum absolute atomic E-state index is 0.0395. The molecular formula is C21H25BrN2O3. The molecule has 0 unspecified atom stereocenters. The molecule has 2 aromatic rings. The molecular weight excluding hydrogens is 408 g/mol. The third-order valence-electron chi connectivity index (χ3n) is 5.76. The fraction of sp³-hybridized carbons (Fsp3) is 0.429. The lowest BCUT2D eigenvalue weighted by Crippen LogP contribution is -2.54. The molecule has 2 aliphatic rings. The zero-order chi connectivity index (χ0) is 19.6. The predicted octanol–water partition coefficient (Wildman–Crippen LogP) is 4.04. The maximum Gasteiger partial charge on any atom is 0.239 e. The van der Waals surface area contributed by atoms with Crippen molar-refractivity contribution < 1.29 is 10.0 Å². The van der Waals surface area contributed by atoms with Crippen molar-refractivity contribution in [3.63, 3.8) is 0 Å². The molecule has 5 nitrogen and oxygen atoms in total. The molecule has 144 valence electrons. The van der Waals surface area contributed by atoms with Gasteiger partial charge in [0, 0.05) is 29.6 Å². The summed E-state index contributed by atoms with van der Waals surface area (Å²) in [6.07, 6.45) is 0.979. The first-order valence-corrected chi connectivity index (χ1v) is 10.0. The second-order valence-corrected chi connectivity index (χ2v) is 8.13. The van der Waals surface area contributed by atoms with Crippen molar-refractivity contribution >= 4 is 15.9 Å². The van der Waals surface area contributed by atoms with Crippen LogP contribution in [0.4, 0.5) is 0 Å². The summed E-state index contributed by atoms with van der Waals surface area (Å²) in [5, 5.41) is 19.2. The normalized spacial score (nSPS) is 27.0. The van der Waals surface area contributed by atoms with E-state index in [9.17, 15) is 10.1 Å². The molecule has 4 atom stereocenters. The van der Waals surface area contributed by atoms with Crippen molar-refractivity contribution in [1.29, 1.82) is 0 Å². The smallest absolute Gasteiger partial charge is 0.239 e. The van der Waals surface area contributed by atoms with E-state index in [1.54, 1.807) is 0 Å². The lowest BCUT2D eigenvalue weighted by molar-refractivity contribution is -0.542. The summed E-state index contributed by atoms with van der Waals surface area (Å²) in [5.74, 6) is 0.175. The van der Waals surface area contributed by atoms with Gasteiger partial charge in [0.1, 0.15) is 6.04 Å². The van der Waals surface area contributed by atoms with Crippen LogP contribution in [-0.4, -0.2) is 41.2 Å². The Bertz CT molecular complexity index is 796. The number of nitrogens with zero attached hydrogens (tertiary/aromatic N) is 2. The van der Waals surface area contributed by atoms with Gasteiger partial charge >= 0.3 is 0 Å². The van der Waals surface area contributed by atoms with Crippen LogP contribution in [0.5, 0.6) is 0 Å². The van der Waals surface area contributed by atoms with E-state index in [0.29, 0.717) is 0 Å². The van der Waals surface area contributed by atoms with E-state index < -0.39 is 6.04 Å². The maximum atomic E-state index is 12.2. The largest absolute Gasteiger partial charge is 0.400 e. The van der Waals surface area contributed by atoms with E-state index in [2.05, 4.69) is 39.9 Å². The molecule has 6 heteroatoms.